The van der Waals surface area contributed by atoms with E-state index in [-0.39, 0.29) is 17.2 Å². The van der Waals surface area contributed by atoms with Gasteiger partial charge in [0.2, 0.25) is 5.91 Å². The second kappa shape index (κ2) is 9.91. The van der Waals surface area contributed by atoms with Crippen molar-refractivity contribution in [3.05, 3.63) is 59.5 Å². The van der Waals surface area contributed by atoms with Crippen molar-refractivity contribution in [1.82, 2.24) is 19.9 Å². The van der Waals surface area contributed by atoms with Gasteiger partial charge in [-0.2, -0.15) is 8.78 Å². The number of ether oxygens (including phenoxy) is 2. The molecule has 1 unspecified atom stereocenters. The number of likely N-dealkylation sites (tertiary alicyclic amines) is 1. The van der Waals surface area contributed by atoms with Crippen LogP contribution >= 0.6 is 0 Å². The van der Waals surface area contributed by atoms with Gasteiger partial charge in [-0.1, -0.05) is 0 Å². The molecule has 0 saturated carbocycles. The number of fused-ring (bicyclic) bond motifs is 1. The highest BCUT2D eigenvalue weighted by molar-refractivity contribution is 5.84. The number of hydrogen-bond donors (Lipinski definition) is 1. The van der Waals surface area contributed by atoms with Gasteiger partial charge in [0, 0.05) is 37.1 Å². The Labute approximate surface area is 214 Å². The Morgan fingerprint density at radius 3 is 2.62 bits per heavy atom. The van der Waals surface area contributed by atoms with Crippen LogP contribution in [0.25, 0.3) is 11.4 Å². The lowest BCUT2D eigenvalue weighted by molar-refractivity contribution is -0.131. The quantitative estimate of drug-likeness (QED) is 0.520. The number of methoxy groups -OCH3 is 1. The lowest BCUT2D eigenvalue weighted by Gasteiger charge is -2.36. The minimum atomic E-state index is -2.96. The van der Waals surface area contributed by atoms with Crippen LogP contribution in [-0.4, -0.2) is 58.1 Å². The highest BCUT2D eigenvalue weighted by Gasteiger charge is 2.43. The van der Waals surface area contributed by atoms with Crippen LogP contribution in [-0.2, 0) is 11.2 Å². The van der Waals surface area contributed by atoms with Crippen LogP contribution in [0.4, 0.5) is 14.6 Å². The van der Waals surface area contributed by atoms with Crippen molar-refractivity contribution < 1.29 is 23.0 Å². The first kappa shape index (κ1) is 24.9. The molecule has 1 saturated heterocycles. The lowest BCUT2D eigenvalue weighted by Crippen LogP contribution is -2.46. The first-order chi connectivity index (χ1) is 17.8. The zero-order chi connectivity index (χ0) is 26.2. The van der Waals surface area contributed by atoms with Crippen molar-refractivity contribution in [2.45, 2.75) is 51.2 Å². The number of nitrogens with zero attached hydrogens (tertiary/aromatic N) is 4. The van der Waals surface area contributed by atoms with Crippen LogP contribution in [0, 0.1) is 6.92 Å². The second-order valence-electron chi connectivity index (χ2n) is 9.66. The summed E-state index contributed by atoms with van der Waals surface area (Å²) in [7, 11) is 1.44. The number of rotatable bonds is 6. The number of amides is 1. The Bertz CT molecular complexity index is 1310. The summed E-state index contributed by atoms with van der Waals surface area (Å²) in [4.78, 5) is 28.8. The summed E-state index contributed by atoms with van der Waals surface area (Å²) < 4.78 is 35.3. The number of pyridine rings is 1. The van der Waals surface area contributed by atoms with Crippen molar-refractivity contribution in [3.8, 4) is 22.9 Å². The van der Waals surface area contributed by atoms with Gasteiger partial charge in [0.15, 0.2) is 5.82 Å². The summed E-state index contributed by atoms with van der Waals surface area (Å²) in [6.07, 6.45) is 5.93. The van der Waals surface area contributed by atoms with Gasteiger partial charge in [0.05, 0.1) is 24.3 Å². The van der Waals surface area contributed by atoms with E-state index in [1.54, 1.807) is 31.5 Å². The molecule has 2 aromatic heterocycles. The lowest BCUT2D eigenvalue weighted by atomic mass is 9.86. The largest absolute Gasteiger partial charge is 0.497 e. The maximum atomic E-state index is 13.4. The third-order valence-electron chi connectivity index (χ3n) is 7.25. The van der Waals surface area contributed by atoms with Crippen LogP contribution in [0.1, 0.15) is 42.5 Å². The monoisotopic (exact) mass is 509 g/mol. The molecule has 5 rings (SSSR count). The Balaban J connectivity index is 1.31. The third-order valence-corrected chi connectivity index (χ3v) is 7.25. The minimum Gasteiger partial charge on any atom is -0.497 e. The van der Waals surface area contributed by atoms with Crippen LogP contribution in [0.5, 0.6) is 11.5 Å². The molecule has 1 aromatic carbocycles. The first-order valence-corrected chi connectivity index (χ1v) is 12.3. The number of benzene rings is 1. The first-order valence-electron chi connectivity index (χ1n) is 12.3. The number of nitrogens with one attached hydrogen (secondary N) is 1. The molecule has 0 bridgehead atoms. The molecule has 0 radical (unpaired) electrons. The number of carbonyl (C=O) groups is 1. The maximum Gasteiger partial charge on any atom is 0.387 e. The number of aromatic nitrogens is 3. The van der Waals surface area contributed by atoms with Gasteiger partial charge in [-0.3, -0.25) is 4.79 Å². The summed E-state index contributed by atoms with van der Waals surface area (Å²) >= 11 is 0. The normalized spacial score (nSPS) is 19.5. The molecular weight excluding hydrogens is 480 g/mol. The topological polar surface area (TPSA) is 89.5 Å². The van der Waals surface area contributed by atoms with Crippen molar-refractivity contribution in [2.24, 2.45) is 0 Å². The van der Waals surface area contributed by atoms with Gasteiger partial charge < -0.3 is 19.7 Å². The van der Waals surface area contributed by atoms with Gasteiger partial charge in [0.25, 0.3) is 0 Å². The molecule has 4 heterocycles. The van der Waals surface area contributed by atoms with E-state index in [0.717, 1.165) is 41.9 Å². The Hall–Kier alpha value is -3.82. The van der Waals surface area contributed by atoms with Crippen LogP contribution in [0.2, 0.25) is 0 Å². The molecule has 2 aliphatic heterocycles. The van der Waals surface area contributed by atoms with E-state index in [2.05, 4.69) is 26.1 Å². The Morgan fingerprint density at radius 1 is 1.14 bits per heavy atom. The van der Waals surface area contributed by atoms with E-state index in [1.807, 2.05) is 11.8 Å². The summed E-state index contributed by atoms with van der Waals surface area (Å²) in [6, 6.07) is 8.43. The molecule has 1 amide bonds. The molecule has 37 heavy (non-hydrogen) atoms. The zero-order valence-corrected chi connectivity index (χ0v) is 21.0. The minimum absolute atomic E-state index is 0.0332. The molecule has 1 N–H and O–H groups in total. The Kier molecular flexibility index (Phi) is 6.66. The van der Waals surface area contributed by atoms with Gasteiger partial charge >= 0.3 is 6.61 Å². The van der Waals surface area contributed by atoms with Crippen molar-refractivity contribution in [2.75, 3.05) is 25.5 Å². The van der Waals surface area contributed by atoms with E-state index < -0.39 is 12.5 Å². The van der Waals surface area contributed by atoms with Gasteiger partial charge in [-0.25, -0.2) is 15.0 Å². The van der Waals surface area contributed by atoms with Gasteiger partial charge in [0.1, 0.15) is 17.3 Å². The van der Waals surface area contributed by atoms with E-state index in [0.29, 0.717) is 30.2 Å². The number of hydrogen-bond acceptors (Lipinski definition) is 7. The fraction of sp³-hybridized carbons (Fsp3) is 0.407. The highest BCUT2D eigenvalue weighted by Crippen LogP contribution is 2.39. The predicted molar refractivity (Wildman–Crippen MR) is 134 cm³/mol. The zero-order valence-electron chi connectivity index (χ0n) is 21.0. The second-order valence-corrected chi connectivity index (χ2v) is 9.66. The van der Waals surface area contributed by atoms with Crippen LogP contribution < -0.4 is 14.8 Å². The molecule has 2 atom stereocenters. The Morgan fingerprint density at radius 2 is 1.89 bits per heavy atom. The van der Waals surface area contributed by atoms with Crippen molar-refractivity contribution in [1.29, 1.82) is 0 Å². The number of carbonyl (C=O) groups excluding carboxylic acids is 1. The highest BCUT2D eigenvalue weighted by atomic mass is 19.3. The molecule has 1 spiro atoms. The third kappa shape index (κ3) is 5.05. The van der Waals surface area contributed by atoms with Gasteiger partial charge in [-0.15, -0.1) is 0 Å². The maximum absolute atomic E-state index is 13.4. The van der Waals surface area contributed by atoms with Crippen molar-refractivity contribution >= 4 is 11.7 Å². The fourth-order valence-corrected chi connectivity index (χ4v) is 5.21. The summed E-state index contributed by atoms with van der Waals surface area (Å²) in [6.45, 7) is 1.91. The number of anilines is 1. The number of aryl methyl sites for hydroxylation is 2. The number of alkyl halides is 2. The van der Waals surface area contributed by atoms with Crippen molar-refractivity contribution in [3.63, 3.8) is 0 Å². The van der Waals surface area contributed by atoms with E-state index in [9.17, 15) is 13.6 Å². The summed E-state index contributed by atoms with van der Waals surface area (Å²) in [5, 5.41) is 3.64. The standard InChI is InChI=1S/C27H29F2N5O3/c1-16(19-11-20(36-3)14-21(12-19)37-26(28)29)25(35)34-10-7-27(15-34)6-5-18-13-22(17(2)32-23(18)33-27)24-30-8-4-9-31-24/h4,8-9,11-14,16,26H,5-7,10,15H2,1-3H3,(H,32,33)/t16?,27-/m0/s1. The van der Waals surface area contributed by atoms with E-state index in [1.165, 1.54) is 19.2 Å². The van der Waals surface area contributed by atoms with Crippen LogP contribution in [0.3, 0.4) is 0 Å². The predicted octanol–water partition coefficient (Wildman–Crippen LogP) is 4.59. The molecule has 1 fully saturated rings. The molecule has 3 aromatic rings. The van der Waals surface area contributed by atoms with E-state index in [4.69, 9.17) is 9.72 Å². The average molecular weight is 510 g/mol. The molecule has 194 valence electrons. The molecule has 0 aliphatic carbocycles. The summed E-state index contributed by atoms with van der Waals surface area (Å²) in [5.41, 5.74) is 3.18. The average Bonchev–Trinajstić information content (AvgIpc) is 3.30. The SMILES string of the molecule is COc1cc(OC(F)F)cc(C(C)C(=O)N2CC[C@@]3(CCc4cc(-c5ncccn5)c(C)nc4N3)C2)c1. The fourth-order valence-electron chi connectivity index (χ4n) is 5.21. The molecule has 2 aliphatic rings. The van der Waals surface area contributed by atoms with Gasteiger partial charge in [-0.05, 0) is 68.5 Å². The van der Waals surface area contributed by atoms with E-state index >= 15 is 0 Å². The molecule has 10 heteroatoms. The summed E-state index contributed by atoms with van der Waals surface area (Å²) in [5.74, 6) is 1.21. The van der Waals surface area contributed by atoms with Crippen LogP contribution in [0.15, 0.2) is 42.7 Å². The molecule has 8 nitrogen and oxygen atoms in total. The smallest absolute Gasteiger partial charge is 0.387 e. The number of halogens is 2. The molecular formula is C27H29F2N5O3.